The Bertz CT molecular complexity index is 639. The first-order valence-corrected chi connectivity index (χ1v) is 8.84. The van der Waals surface area contributed by atoms with Gasteiger partial charge in [0.15, 0.2) is 0 Å². The molecule has 1 atom stereocenters. The van der Waals surface area contributed by atoms with Gasteiger partial charge in [0.1, 0.15) is 5.82 Å². The van der Waals surface area contributed by atoms with Crippen molar-refractivity contribution in [2.75, 3.05) is 26.2 Å². The number of nitrogens with one attached hydrogen (secondary N) is 1. The Morgan fingerprint density at radius 1 is 1.33 bits per heavy atom. The zero-order valence-electron chi connectivity index (χ0n) is 12.2. The van der Waals surface area contributed by atoms with Crippen LogP contribution in [0.25, 0.3) is 0 Å². The highest BCUT2D eigenvalue weighted by Crippen LogP contribution is 2.39. The van der Waals surface area contributed by atoms with E-state index in [-0.39, 0.29) is 10.3 Å². The van der Waals surface area contributed by atoms with Gasteiger partial charge in [0.2, 0.25) is 10.0 Å². The van der Waals surface area contributed by atoms with Crippen molar-refractivity contribution in [3.63, 3.8) is 0 Å². The highest BCUT2D eigenvalue weighted by atomic mass is 32.2. The Balaban J connectivity index is 1.86. The van der Waals surface area contributed by atoms with E-state index in [4.69, 9.17) is 0 Å². The van der Waals surface area contributed by atoms with Gasteiger partial charge in [-0.25, -0.2) is 12.8 Å². The van der Waals surface area contributed by atoms with Crippen molar-refractivity contribution < 1.29 is 12.8 Å². The molecule has 3 rings (SSSR count). The molecule has 0 amide bonds. The van der Waals surface area contributed by atoms with E-state index in [9.17, 15) is 12.8 Å². The van der Waals surface area contributed by atoms with Crippen LogP contribution in [0.15, 0.2) is 23.1 Å². The summed E-state index contributed by atoms with van der Waals surface area (Å²) in [5.74, 6) is -0.402. The van der Waals surface area contributed by atoms with Crippen LogP contribution in [0, 0.1) is 18.2 Å². The van der Waals surface area contributed by atoms with Gasteiger partial charge in [-0.15, -0.1) is 0 Å². The van der Waals surface area contributed by atoms with E-state index < -0.39 is 15.8 Å². The first-order valence-electron chi connectivity index (χ1n) is 7.40. The molecular weight excluding hydrogens is 291 g/mol. The Morgan fingerprint density at radius 2 is 2.14 bits per heavy atom. The van der Waals surface area contributed by atoms with E-state index in [1.54, 1.807) is 11.2 Å². The number of hydrogen-bond acceptors (Lipinski definition) is 3. The lowest BCUT2D eigenvalue weighted by atomic mass is 9.80. The molecule has 0 bridgehead atoms. The molecule has 2 aliphatic rings. The number of halogens is 1. The van der Waals surface area contributed by atoms with Crippen LogP contribution < -0.4 is 5.32 Å². The average Bonchev–Trinajstić information content (AvgIpc) is 2.83. The molecule has 1 spiro atoms. The minimum atomic E-state index is -3.52. The van der Waals surface area contributed by atoms with Crippen LogP contribution in [0.2, 0.25) is 0 Å². The summed E-state index contributed by atoms with van der Waals surface area (Å²) in [6.45, 7) is 4.68. The number of hydrogen-bond donors (Lipinski definition) is 1. The van der Waals surface area contributed by atoms with Crippen molar-refractivity contribution in [3.05, 3.63) is 29.6 Å². The number of piperidine rings is 1. The molecule has 1 unspecified atom stereocenters. The van der Waals surface area contributed by atoms with E-state index >= 15 is 0 Å². The summed E-state index contributed by atoms with van der Waals surface area (Å²) in [5, 5.41) is 3.38. The predicted molar refractivity (Wildman–Crippen MR) is 79.0 cm³/mol. The second-order valence-electron chi connectivity index (χ2n) is 6.28. The maximum absolute atomic E-state index is 13.2. The largest absolute Gasteiger partial charge is 0.316 e. The normalized spacial score (nSPS) is 27.3. The standard InChI is InChI=1S/C15H21FN2O2S/c1-12-9-13(16)3-4-14(12)21(19,20)18-8-6-15(11-18)5-2-7-17-10-15/h3-4,9,17H,2,5-8,10-11H2,1H3. The molecule has 2 aliphatic heterocycles. The molecule has 6 heteroatoms. The monoisotopic (exact) mass is 312 g/mol. The lowest BCUT2D eigenvalue weighted by molar-refractivity contribution is 0.224. The second kappa shape index (κ2) is 5.34. The lowest BCUT2D eigenvalue weighted by Gasteiger charge is -2.33. The van der Waals surface area contributed by atoms with Crippen LogP contribution in [-0.2, 0) is 10.0 Å². The third-order valence-corrected chi connectivity index (χ3v) is 6.72. The van der Waals surface area contributed by atoms with Gasteiger partial charge in [-0.05, 0) is 61.9 Å². The van der Waals surface area contributed by atoms with Gasteiger partial charge >= 0.3 is 0 Å². The number of nitrogens with zero attached hydrogens (tertiary/aromatic N) is 1. The van der Waals surface area contributed by atoms with Crippen LogP contribution in [0.5, 0.6) is 0 Å². The number of benzene rings is 1. The topological polar surface area (TPSA) is 49.4 Å². The van der Waals surface area contributed by atoms with Gasteiger partial charge in [-0.1, -0.05) is 0 Å². The maximum Gasteiger partial charge on any atom is 0.243 e. The fraction of sp³-hybridized carbons (Fsp3) is 0.600. The Morgan fingerprint density at radius 3 is 2.81 bits per heavy atom. The highest BCUT2D eigenvalue weighted by molar-refractivity contribution is 7.89. The molecule has 2 fully saturated rings. The minimum absolute atomic E-state index is 0.0826. The van der Waals surface area contributed by atoms with Gasteiger partial charge in [0.05, 0.1) is 4.90 Å². The lowest BCUT2D eigenvalue weighted by Crippen LogP contribution is -2.42. The number of rotatable bonds is 2. The molecule has 0 aromatic heterocycles. The summed E-state index contributed by atoms with van der Waals surface area (Å²) in [7, 11) is -3.52. The Labute approximate surface area is 125 Å². The molecule has 2 saturated heterocycles. The zero-order valence-corrected chi connectivity index (χ0v) is 13.0. The Kier molecular flexibility index (Phi) is 3.80. The minimum Gasteiger partial charge on any atom is -0.316 e. The van der Waals surface area contributed by atoms with Gasteiger partial charge in [-0.2, -0.15) is 4.31 Å². The molecule has 116 valence electrons. The second-order valence-corrected chi connectivity index (χ2v) is 8.19. The molecule has 2 heterocycles. The molecule has 0 aliphatic carbocycles. The summed E-state index contributed by atoms with van der Waals surface area (Å²) in [5.41, 5.74) is 0.553. The Hall–Kier alpha value is -0.980. The SMILES string of the molecule is Cc1cc(F)ccc1S(=O)(=O)N1CCC2(CCCNC2)C1. The quantitative estimate of drug-likeness (QED) is 0.907. The summed E-state index contributed by atoms with van der Waals surface area (Å²) in [4.78, 5) is 0.227. The van der Waals surface area contributed by atoms with Crippen molar-refractivity contribution in [1.82, 2.24) is 9.62 Å². The van der Waals surface area contributed by atoms with Crippen LogP contribution in [-0.4, -0.2) is 38.9 Å². The number of aryl methyl sites for hydroxylation is 1. The van der Waals surface area contributed by atoms with Crippen molar-refractivity contribution in [2.24, 2.45) is 5.41 Å². The average molecular weight is 312 g/mol. The van der Waals surface area contributed by atoms with Crippen molar-refractivity contribution in [3.8, 4) is 0 Å². The molecule has 1 N–H and O–H groups in total. The third kappa shape index (κ3) is 2.72. The molecule has 1 aromatic carbocycles. The summed E-state index contributed by atoms with van der Waals surface area (Å²) >= 11 is 0. The summed E-state index contributed by atoms with van der Waals surface area (Å²) < 4.78 is 40.3. The van der Waals surface area contributed by atoms with E-state index in [2.05, 4.69) is 5.32 Å². The smallest absolute Gasteiger partial charge is 0.243 e. The van der Waals surface area contributed by atoms with Crippen molar-refractivity contribution in [1.29, 1.82) is 0 Å². The fourth-order valence-electron chi connectivity index (χ4n) is 3.52. The highest BCUT2D eigenvalue weighted by Gasteiger charge is 2.43. The predicted octanol–water partition coefficient (Wildman–Crippen LogP) is 1.90. The van der Waals surface area contributed by atoms with Gasteiger partial charge < -0.3 is 5.32 Å². The molecule has 0 saturated carbocycles. The van der Waals surface area contributed by atoms with Crippen LogP contribution >= 0.6 is 0 Å². The van der Waals surface area contributed by atoms with Crippen molar-refractivity contribution >= 4 is 10.0 Å². The maximum atomic E-state index is 13.2. The van der Waals surface area contributed by atoms with Gasteiger partial charge in [0, 0.05) is 19.6 Å². The van der Waals surface area contributed by atoms with E-state index in [0.717, 1.165) is 32.4 Å². The van der Waals surface area contributed by atoms with Crippen molar-refractivity contribution in [2.45, 2.75) is 31.1 Å². The number of sulfonamides is 1. The van der Waals surface area contributed by atoms with E-state index in [0.29, 0.717) is 18.7 Å². The van der Waals surface area contributed by atoms with Crippen LogP contribution in [0.4, 0.5) is 4.39 Å². The van der Waals surface area contributed by atoms with E-state index in [1.807, 2.05) is 0 Å². The van der Waals surface area contributed by atoms with Gasteiger partial charge in [0.25, 0.3) is 0 Å². The van der Waals surface area contributed by atoms with E-state index in [1.165, 1.54) is 18.2 Å². The van der Waals surface area contributed by atoms with Gasteiger partial charge in [-0.3, -0.25) is 0 Å². The van der Waals surface area contributed by atoms with Crippen LogP contribution in [0.3, 0.4) is 0 Å². The molecular formula is C15H21FN2O2S. The molecule has 0 radical (unpaired) electrons. The molecule has 21 heavy (non-hydrogen) atoms. The molecule has 4 nitrogen and oxygen atoms in total. The summed E-state index contributed by atoms with van der Waals surface area (Å²) in [6.07, 6.45) is 3.08. The summed E-state index contributed by atoms with van der Waals surface area (Å²) in [6, 6.07) is 3.87. The first kappa shape index (κ1) is 14.9. The first-order chi connectivity index (χ1) is 9.93. The molecule has 1 aromatic rings. The zero-order chi connectivity index (χ0) is 15.1. The fourth-order valence-corrected chi connectivity index (χ4v) is 5.28. The third-order valence-electron chi connectivity index (χ3n) is 4.72. The van der Waals surface area contributed by atoms with Crippen LogP contribution in [0.1, 0.15) is 24.8 Å².